The van der Waals surface area contributed by atoms with Crippen molar-refractivity contribution in [3.05, 3.63) is 24.8 Å². The Hall–Kier alpha value is -0.760. The lowest BCUT2D eigenvalue weighted by atomic mass is 10.3. The Morgan fingerprint density at radius 3 is 2.83 bits per heavy atom. The molecule has 12 heavy (non-hydrogen) atoms. The van der Waals surface area contributed by atoms with Gasteiger partial charge in [0, 0.05) is 12.0 Å². The highest BCUT2D eigenvalue weighted by molar-refractivity contribution is 6.18. The first-order chi connectivity index (χ1) is 5.81. The highest BCUT2D eigenvalue weighted by atomic mass is 35.5. The van der Waals surface area contributed by atoms with Gasteiger partial charge in [0.2, 0.25) is 0 Å². The number of alkyl halides is 1. The molecule has 0 rings (SSSR count). The summed E-state index contributed by atoms with van der Waals surface area (Å²) in [6, 6.07) is 0. The van der Waals surface area contributed by atoms with E-state index < -0.39 is 0 Å². The van der Waals surface area contributed by atoms with E-state index >= 15 is 0 Å². The fraction of sp³-hybridized carbons (Fsp3) is 0.444. The maximum absolute atomic E-state index is 10.5. The van der Waals surface area contributed by atoms with Crippen molar-refractivity contribution in [3.8, 4) is 0 Å². The molecule has 0 aromatic heterocycles. The minimum Gasteiger partial charge on any atom is -0.463 e. The Morgan fingerprint density at radius 2 is 2.25 bits per heavy atom. The number of allylic oxidation sites excluding steroid dienone is 2. The molecule has 0 radical (unpaired) electrons. The maximum atomic E-state index is 10.5. The summed E-state index contributed by atoms with van der Waals surface area (Å²) in [5, 5.41) is 0. The van der Waals surface area contributed by atoms with E-state index in [2.05, 4.69) is 6.58 Å². The number of esters is 1. The molecule has 0 aromatic carbocycles. The summed E-state index contributed by atoms with van der Waals surface area (Å²) in [5.41, 5.74) is 0. The van der Waals surface area contributed by atoms with Crippen molar-refractivity contribution in [2.75, 3.05) is 12.5 Å². The molecular formula is C9H13ClO2. The lowest BCUT2D eigenvalue weighted by Crippen LogP contribution is -2.00. The number of hydrogen-bond acceptors (Lipinski definition) is 2. The van der Waals surface area contributed by atoms with Crippen molar-refractivity contribution in [2.45, 2.75) is 12.8 Å². The molecule has 0 atom stereocenters. The van der Waals surface area contributed by atoms with Crippen molar-refractivity contribution in [1.29, 1.82) is 0 Å². The minimum atomic E-state index is -0.365. The summed E-state index contributed by atoms with van der Waals surface area (Å²) in [6.07, 6.45) is 6.71. The van der Waals surface area contributed by atoms with Crippen molar-refractivity contribution >= 4 is 17.6 Å². The third kappa shape index (κ3) is 7.35. The summed E-state index contributed by atoms with van der Waals surface area (Å²) in [7, 11) is 0. The third-order valence-electron chi connectivity index (χ3n) is 1.18. The van der Waals surface area contributed by atoms with Crippen LogP contribution in [0.5, 0.6) is 0 Å². The van der Waals surface area contributed by atoms with Crippen LogP contribution in [-0.2, 0) is 9.53 Å². The van der Waals surface area contributed by atoms with Gasteiger partial charge >= 0.3 is 5.97 Å². The summed E-state index contributed by atoms with van der Waals surface area (Å²) in [4.78, 5) is 10.5. The predicted molar refractivity (Wildman–Crippen MR) is 50.3 cm³/mol. The molecular weight excluding hydrogens is 176 g/mol. The van der Waals surface area contributed by atoms with Crippen molar-refractivity contribution in [2.24, 2.45) is 0 Å². The Labute approximate surface area is 77.9 Å². The van der Waals surface area contributed by atoms with Crippen LogP contribution in [-0.4, -0.2) is 18.5 Å². The van der Waals surface area contributed by atoms with Gasteiger partial charge < -0.3 is 4.74 Å². The summed E-state index contributed by atoms with van der Waals surface area (Å²) >= 11 is 5.40. The van der Waals surface area contributed by atoms with Crippen molar-refractivity contribution in [3.63, 3.8) is 0 Å². The molecule has 0 aliphatic heterocycles. The summed E-state index contributed by atoms with van der Waals surface area (Å²) in [5.74, 6) is 0.170. The topological polar surface area (TPSA) is 26.3 Å². The molecule has 0 bridgehead atoms. The zero-order valence-electron chi connectivity index (χ0n) is 6.96. The van der Waals surface area contributed by atoms with Crippen LogP contribution in [0.2, 0.25) is 0 Å². The zero-order chi connectivity index (χ0) is 9.23. The molecule has 0 N–H and O–H groups in total. The van der Waals surface area contributed by atoms with Gasteiger partial charge in [-0.2, -0.15) is 0 Å². The normalized spacial score (nSPS) is 10.1. The van der Waals surface area contributed by atoms with Crippen LogP contribution in [0.1, 0.15) is 12.8 Å². The molecule has 0 amide bonds. The highest BCUT2D eigenvalue weighted by Crippen LogP contribution is 1.93. The van der Waals surface area contributed by atoms with E-state index in [0.717, 1.165) is 18.9 Å². The van der Waals surface area contributed by atoms with E-state index in [9.17, 15) is 4.79 Å². The second-order valence-corrected chi connectivity index (χ2v) is 2.45. The van der Waals surface area contributed by atoms with Gasteiger partial charge in [-0.3, -0.25) is 0 Å². The second kappa shape index (κ2) is 8.34. The van der Waals surface area contributed by atoms with E-state index in [-0.39, 0.29) is 5.97 Å². The van der Waals surface area contributed by atoms with Gasteiger partial charge in [-0.25, -0.2) is 4.79 Å². The Kier molecular flexibility index (Phi) is 7.81. The third-order valence-corrected chi connectivity index (χ3v) is 1.36. The Balaban J connectivity index is 3.16. The number of ether oxygens (including phenoxy) is 1. The van der Waals surface area contributed by atoms with Gasteiger partial charge in [-0.15, -0.1) is 11.6 Å². The van der Waals surface area contributed by atoms with E-state index in [4.69, 9.17) is 16.3 Å². The smallest absolute Gasteiger partial charge is 0.330 e. The minimum absolute atomic E-state index is 0.365. The monoisotopic (exact) mass is 188 g/mol. The van der Waals surface area contributed by atoms with E-state index in [1.54, 1.807) is 0 Å². The number of unbranched alkanes of at least 4 members (excludes halogenated alkanes) is 1. The van der Waals surface area contributed by atoms with Crippen LogP contribution in [0, 0.1) is 0 Å². The molecule has 0 heterocycles. The average Bonchev–Trinajstić information content (AvgIpc) is 2.10. The summed E-state index contributed by atoms with van der Waals surface area (Å²) < 4.78 is 4.75. The lowest BCUT2D eigenvalue weighted by Gasteiger charge is -1.98. The molecule has 0 unspecified atom stereocenters. The predicted octanol–water partition coefficient (Wildman–Crippen LogP) is 2.29. The van der Waals surface area contributed by atoms with Gasteiger partial charge in [-0.05, 0) is 12.8 Å². The average molecular weight is 189 g/mol. The van der Waals surface area contributed by atoms with Gasteiger partial charge in [0.05, 0.1) is 6.61 Å². The quantitative estimate of drug-likeness (QED) is 0.210. The number of carbonyl (C=O) groups excluding carboxylic acids is 1. The first-order valence-electron chi connectivity index (χ1n) is 3.81. The molecule has 0 aliphatic carbocycles. The van der Waals surface area contributed by atoms with E-state index in [1.807, 2.05) is 12.2 Å². The van der Waals surface area contributed by atoms with Gasteiger partial charge in [0.15, 0.2) is 0 Å². The van der Waals surface area contributed by atoms with E-state index in [0.29, 0.717) is 12.5 Å². The Morgan fingerprint density at radius 1 is 1.50 bits per heavy atom. The van der Waals surface area contributed by atoms with Gasteiger partial charge in [0.1, 0.15) is 0 Å². The van der Waals surface area contributed by atoms with Crippen LogP contribution in [0.4, 0.5) is 0 Å². The van der Waals surface area contributed by atoms with Crippen molar-refractivity contribution in [1.82, 2.24) is 0 Å². The van der Waals surface area contributed by atoms with Crippen LogP contribution in [0.25, 0.3) is 0 Å². The van der Waals surface area contributed by atoms with Gasteiger partial charge in [0.25, 0.3) is 0 Å². The first-order valence-corrected chi connectivity index (χ1v) is 4.35. The fourth-order valence-electron chi connectivity index (χ4n) is 0.614. The fourth-order valence-corrected chi connectivity index (χ4v) is 0.740. The van der Waals surface area contributed by atoms with Crippen molar-refractivity contribution < 1.29 is 9.53 Å². The van der Waals surface area contributed by atoms with Crippen LogP contribution < -0.4 is 0 Å². The number of rotatable bonds is 6. The first kappa shape index (κ1) is 11.2. The van der Waals surface area contributed by atoms with Crippen LogP contribution >= 0.6 is 11.6 Å². The Bertz CT molecular complexity index is 164. The second-order valence-electron chi connectivity index (χ2n) is 2.14. The molecule has 0 spiro atoms. The zero-order valence-corrected chi connectivity index (χ0v) is 7.72. The molecule has 2 nitrogen and oxygen atoms in total. The molecule has 68 valence electrons. The molecule has 0 aromatic rings. The molecule has 0 fully saturated rings. The molecule has 3 heteroatoms. The van der Waals surface area contributed by atoms with E-state index in [1.165, 1.54) is 0 Å². The molecule has 0 saturated carbocycles. The largest absolute Gasteiger partial charge is 0.463 e. The number of hydrogen-bond donors (Lipinski definition) is 0. The number of halogens is 1. The van der Waals surface area contributed by atoms with Crippen LogP contribution in [0.3, 0.4) is 0 Å². The molecule has 0 aliphatic rings. The summed E-state index contributed by atoms with van der Waals surface area (Å²) in [6.45, 7) is 3.72. The SMILES string of the molecule is C=CC(=O)OCCCC=CCCl. The maximum Gasteiger partial charge on any atom is 0.330 e. The molecule has 0 saturated heterocycles. The highest BCUT2D eigenvalue weighted by Gasteiger charge is 1.92. The van der Waals surface area contributed by atoms with Crippen LogP contribution in [0.15, 0.2) is 24.8 Å². The number of carbonyl (C=O) groups is 1. The lowest BCUT2D eigenvalue weighted by molar-refractivity contribution is -0.137. The standard InChI is InChI=1S/C9H13ClO2/c1-2-9(11)12-8-6-4-3-5-7-10/h2-3,5H,1,4,6-8H2. The van der Waals surface area contributed by atoms with Gasteiger partial charge in [-0.1, -0.05) is 18.7 Å².